The zero-order valence-corrected chi connectivity index (χ0v) is 18.3. The molecule has 2 aliphatic rings. The third-order valence-corrected chi connectivity index (χ3v) is 5.35. The minimum Gasteiger partial charge on any atom is -0.480 e. The zero-order valence-electron chi connectivity index (χ0n) is 17.5. The zero-order chi connectivity index (χ0) is 24.0. The standard InChI is InChI=1S/C20H21N7O5S/c1-33-14(28)7-6-13(19(31)32)25-17(29)10-2-4-11(5-3-10)22-8-12-9-23-16-15(24-12)18(30)27-20(21)26-16/h2-5,9,13,15,22H,6-8H2,1H3,(H,25,29)(H,31,32)(H2,21,27,30)/t13-,15?/m1/s1. The predicted octanol–water partition coefficient (Wildman–Crippen LogP) is 0.308. The van der Waals surface area contributed by atoms with E-state index in [0.717, 1.165) is 11.8 Å². The number of nitrogens with one attached hydrogen (secondary N) is 4. The molecule has 0 saturated carbocycles. The summed E-state index contributed by atoms with van der Waals surface area (Å²) in [6, 6.07) is 4.30. The largest absolute Gasteiger partial charge is 0.480 e. The van der Waals surface area contributed by atoms with Gasteiger partial charge < -0.3 is 15.7 Å². The lowest BCUT2D eigenvalue weighted by Crippen LogP contribution is -2.47. The van der Waals surface area contributed by atoms with Gasteiger partial charge in [0.05, 0.1) is 18.5 Å². The van der Waals surface area contributed by atoms with Crippen LogP contribution < -0.4 is 16.0 Å². The minimum atomic E-state index is -1.21. The van der Waals surface area contributed by atoms with Crippen molar-refractivity contribution >= 4 is 64.1 Å². The molecule has 172 valence electrons. The molecule has 0 aliphatic carbocycles. The maximum absolute atomic E-state index is 12.4. The summed E-state index contributed by atoms with van der Waals surface area (Å²) in [6.07, 6.45) is 3.14. The van der Waals surface area contributed by atoms with Crippen molar-refractivity contribution in [1.29, 1.82) is 5.41 Å². The summed E-state index contributed by atoms with van der Waals surface area (Å²) >= 11 is 1.01. The molecule has 2 amide bonds. The monoisotopic (exact) mass is 471 g/mol. The predicted molar refractivity (Wildman–Crippen MR) is 125 cm³/mol. The Bertz CT molecular complexity index is 1080. The Morgan fingerprint density at radius 1 is 1.27 bits per heavy atom. The molecule has 0 fully saturated rings. The van der Waals surface area contributed by atoms with Crippen molar-refractivity contribution < 1.29 is 24.3 Å². The van der Waals surface area contributed by atoms with Crippen LogP contribution >= 0.6 is 11.8 Å². The first kappa shape index (κ1) is 23.8. The summed E-state index contributed by atoms with van der Waals surface area (Å²) in [7, 11) is 0. The van der Waals surface area contributed by atoms with E-state index >= 15 is 0 Å². The number of rotatable bonds is 9. The molecule has 1 aromatic carbocycles. The van der Waals surface area contributed by atoms with Crippen LogP contribution in [-0.4, -0.2) is 76.6 Å². The number of nitrogens with zero attached hydrogens (tertiary/aromatic N) is 3. The van der Waals surface area contributed by atoms with E-state index in [9.17, 15) is 24.3 Å². The highest BCUT2D eigenvalue weighted by molar-refractivity contribution is 8.13. The van der Waals surface area contributed by atoms with E-state index in [1.807, 2.05) is 0 Å². The number of fused-ring (bicyclic) bond motifs is 1. The molecule has 13 heteroatoms. The number of carboxylic acids is 1. The quantitative estimate of drug-likeness (QED) is 0.343. The van der Waals surface area contributed by atoms with E-state index < -0.39 is 29.9 Å². The number of amides is 2. The van der Waals surface area contributed by atoms with Crippen LogP contribution in [0, 0.1) is 5.41 Å². The van der Waals surface area contributed by atoms with E-state index in [1.165, 1.54) is 18.3 Å². The molecule has 33 heavy (non-hydrogen) atoms. The molecule has 0 spiro atoms. The second kappa shape index (κ2) is 10.6. The Morgan fingerprint density at radius 3 is 2.67 bits per heavy atom. The average molecular weight is 471 g/mol. The van der Waals surface area contributed by atoms with Gasteiger partial charge in [0.2, 0.25) is 5.96 Å². The Morgan fingerprint density at radius 2 is 2.00 bits per heavy atom. The molecule has 0 aromatic heterocycles. The molecule has 1 aromatic rings. The van der Waals surface area contributed by atoms with Gasteiger partial charge in [0, 0.05) is 17.7 Å². The lowest BCUT2D eigenvalue weighted by Gasteiger charge is -2.21. The number of aliphatic imine (C=N–C) groups is 3. The van der Waals surface area contributed by atoms with E-state index in [-0.39, 0.29) is 41.9 Å². The highest BCUT2D eigenvalue weighted by Gasteiger charge is 2.31. The van der Waals surface area contributed by atoms with Crippen LogP contribution in [0.15, 0.2) is 39.2 Å². The summed E-state index contributed by atoms with van der Waals surface area (Å²) in [5, 5.41) is 24.4. The van der Waals surface area contributed by atoms with Crippen LogP contribution in [0.2, 0.25) is 0 Å². The molecule has 0 radical (unpaired) electrons. The third kappa shape index (κ3) is 6.32. The van der Waals surface area contributed by atoms with Gasteiger partial charge >= 0.3 is 5.97 Å². The molecular weight excluding hydrogens is 450 g/mol. The fourth-order valence-electron chi connectivity index (χ4n) is 2.95. The first-order valence-electron chi connectivity index (χ1n) is 9.80. The van der Waals surface area contributed by atoms with Crippen molar-refractivity contribution in [2.45, 2.75) is 24.9 Å². The molecule has 2 atom stereocenters. The number of hydrogen-bond acceptors (Lipinski definition) is 9. The molecule has 1 unspecified atom stereocenters. The fourth-order valence-corrected chi connectivity index (χ4v) is 3.27. The van der Waals surface area contributed by atoms with Gasteiger partial charge in [0.25, 0.3) is 11.8 Å². The van der Waals surface area contributed by atoms with E-state index in [4.69, 9.17) is 5.41 Å². The van der Waals surface area contributed by atoms with Gasteiger partial charge in [-0.1, -0.05) is 11.8 Å². The van der Waals surface area contributed by atoms with Crippen molar-refractivity contribution in [3.63, 3.8) is 0 Å². The van der Waals surface area contributed by atoms with Crippen molar-refractivity contribution in [3.8, 4) is 0 Å². The molecule has 5 N–H and O–H groups in total. The van der Waals surface area contributed by atoms with Crippen LogP contribution in [0.25, 0.3) is 0 Å². The molecule has 3 rings (SSSR count). The molecule has 0 bridgehead atoms. The molecule has 12 nitrogen and oxygen atoms in total. The number of aliphatic carboxylic acids is 1. The van der Waals surface area contributed by atoms with Crippen LogP contribution in [0.1, 0.15) is 23.2 Å². The van der Waals surface area contributed by atoms with Crippen LogP contribution in [0.3, 0.4) is 0 Å². The number of carboxylic acid groups (broad SMARTS) is 1. The topological polar surface area (TPSA) is 186 Å². The Hall–Kier alpha value is -3.87. The van der Waals surface area contributed by atoms with E-state index in [0.29, 0.717) is 11.4 Å². The lowest BCUT2D eigenvalue weighted by molar-refractivity contribution is -0.139. The summed E-state index contributed by atoms with van der Waals surface area (Å²) in [4.78, 5) is 59.3. The highest BCUT2D eigenvalue weighted by Crippen LogP contribution is 2.12. The second-order valence-corrected chi connectivity index (χ2v) is 7.86. The van der Waals surface area contributed by atoms with Gasteiger partial charge in [-0.15, -0.1) is 0 Å². The summed E-state index contributed by atoms with van der Waals surface area (Å²) < 4.78 is 0. The van der Waals surface area contributed by atoms with Crippen LogP contribution in [0.5, 0.6) is 0 Å². The number of hydrogen-bond donors (Lipinski definition) is 5. The van der Waals surface area contributed by atoms with Gasteiger partial charge in [-0.05, 0) is 36.9 Å². The Kier molecular flexibility index (Phi) is 7.66. The summed E-state index contributed by atoms with van der Waals surface area (Å²) in [6.45, 7) is 0.258. The average Bonchev–Trinajstić information content (AvgIpc) is 2.80. The smallest absolute Gasteiger partial charge is 0.326 e. The van der Waals surface area contributed by atoms with Crippen LogP contribution in [-0.2, 0) is 14.4 Å². The number of guanidine groups is 1. The fraction of sp³-hybridized carbons (Fsp3) is 0.300. The Labute approximate surface area is 192 Å². The number of benzene rings is 1. The SMILES string of the molecule is CSC(=O)CC[C@@H](NC(=O)c1ccc(NCC2=NC3C(=O)NC(=N)N=C3N=C2)cc1)C(=O)O. The normalized spacial score (nSPS) is 17.8. The van der Waals surface area contributed by atoms with Crippen molar-refractivity contribution in [1.82, 2.24) is 10.6 Å². The molecule has 2 aliphatic heterocycles. The first-order valence-corrected chi connectivity index (χ1v) is 11.0. The summed E-state index contributed by atoms with van der Waals surface area (Å²) in [5.41, 5.74) is 1.44. The van der Waals surface area contributed by atoms with Gasteiger partial charge in [-0.3, -0.25) is 30.1 Å². The maximum Gasteiger partial charge on any atom is 0.326 e. The van der Waals surface area contributed by atoms with Crippen molar-refractivity contribution in [2.75, 3.05) is 18.1 Å². The van der Waals surface area contributed by atoms with Gasteiger partial charge in [0.15, 0.2) is 17.0 Å². The lowest BCUT2D eigenvalue weighted by atomic mass is 10.1. The van der Waals surface area contributed by atoms with Crippen molar-refractivity contribution in [3.05, 3.63) is 29.8 Å². The summed E-state index contributed by atoms with van der Waals surface area (Å²) in [5.74, 6) is -2.34. The van der Waals surface area contributed by atoms with E-state index in [1.54, 1.807) is 18.4 Å². The van der Waals surface area contributed by atoms with Crippen molar-refractivity contribution in [2.24, 2.45) is 15.0 Å². The number of carbonyl (C=O) groups is 4. The van der Waals surface area contributed by atoms with Gasteiger partial charge in [-0.2, -0.15) is 4.99 Å². The number of anilines is 1. The van der Waals surface area contributed by atoms with Gasteiger partial charge in [0.1, 0.15) is 6.04 Å². The number of thioether (sulfide) groups is 1. The number of carbonyl (C=O) groups excluding carboxylic acids is 3. The highest BCUT2D eigenvalue weighted by atomic mass is 32.2. The third-order valence-electron chi connectivity index (χ3n) is 4.69. The second-order valence-electron chi connectivity index (χ2n) is 7.00. The molecule has 0 saturated heterocycles. The maximum atomic E-state index is 12.4. The van der Waals surface area contributed by atoms with Gasteiger partial charge in [-0.25, -0.2) is 9.79 Å². The molecule has 2 heterocycles. The van der Waals surface area contributed by atoms with E-state index in [2.05, 4.69) is 30.9 Å². The molecular formula is C20H21N7O5S. The Balaban J connectivity index is 1.56. The minimum absolute atomic E-state index is 0.0105. The van der Waals surface area contributed by atoms with Crippen LogP contribution in [0.4, 0.5) is 5.69 Å². The number of amidine groups is 1. The first-order chi connectivity index (χ1) is 15.8.